The van der Waals surface area contributed by atoms with E-state index in [0.29, 0.717) is 29.4 Å². The van der Waals surface area contributed by atoms with Crippen molar-refractivity contribution in [2.24, 2.45) is 0 Å². The van der Waals surface area contributed by atoms with Crippen LogP contribution in [0, 0.1) is 11.6 Å². The molecule has 0 saturated carbocycles. The summed E-state index contributed by atoms with van der Waals surface area (Å²) < 4.78 is 40.5. The van der Waals surface area contributed by atoms with Gasteiger partial charge in [-0.15, -0.1) is 0 Å². The highest BCUT2D eigenvalue weighted by atomic mass is 19.2. The number of aliphatic hydroxyl groups is 1. The van der Waals surface area contributed by atoms with Gasteiger partial charge in [0.05, 0.1) is 19.3 Å². The van der Waals surface area contributed by atoms with Gasteiger partial charge in [-0.05, 0) is 49.2 Å². The van der Waals surface area contributed by atoms with E-state index < -0.39 is 11.6 Å². The molecule has 2 aromatic heterocycles. The zero-order valence-electron chi connectivity index (χ0n) is 17.6. The molecule has 1 aliphatic heterocycles. The topological polar surface area (TPSA) is 94.9 Å². The van der Waals surface area contributed by atoms with Crippen molar-refractivity contribution in [1.29, 1.82) is 0 Å². The number of halogens is 2. The molecule has 0 amide bonds. The molecule has 1 fully saturated rings. The van der Waals surface area contributed by atoms with Crippen molar-refractivity contribution in [2.45, 2.75) is 24.9 Å². The molecule has 33 heavy (non-hydrogen) atoms. The van der Waals surface area contributed by atoms with Gasteiger partial charge in [-0.1, -0.05) is 6.07 Å². The molecular weight excluding hydrogens is 430 g/mol. The summed E-state index contributed by atoms with van der Waals surface area (Å²) in [5.41, 5.74) is 8.32. The minimum absolute atomic E-state index is 0.00507. The van der Waals surface area contributed by atoms with Gasteiger partial charge >= 0.3 is 0 Å². The SMILES string of the molecule is Nc1nccn2c([C@H]3CC[C@@H](CO)OC3)nc(-c3ccc(Oc4cccc(F)c4F)cc3)c12. The number of fused-ring (bicyclic) bond motifs is 1. The maximum atomic E-state index is 13.9. The van der Waals surface area contributed by atoms with E-state index >= 15 is 0 Å². The molecule has 0 bridgehead atoms. The molecular formula is C24H22F2N4O3. The van der Waals surface area contributed by atoms with Crippen LogP contribution >= 0.6 is 0 Å². The fourth-order valence-corrected chi connectivity index (χ4v) is 4.10. The number of nitrogens with two attached hydrogens (primary N) is 1. The Morgan fingerprint density at radius 3 is 2.70 bits per heavy atom. The van der Waals surface area contributed by atoms with Gasteiger partial charge in [0.25, 0.3) is 0 Å². The largest absolute Gasteiger partial charge is 0.454 e. The van der Waals surface area contributed by atoms with Gasteiger partial charge < -0.3 is 20.3 Å². The number of imidazole rings is 1. The Morgan fingerprint density at radius 2 is 1.97 bits per heavy atom. The Morgan fingerprint density at radius 1 is 1.15 bits per heavy atom. The van der Waals surface area contributed by atoms with Crippen LogP contribution in [0.25, 0.3) is 16.8 Å². The third kappa shape index (κ3) is 4.01. The minimum atomic E-state index is -1.04. The lowest BCUT2D eigenvalue weighted by Gasteiger charge is -2.27. The number of aliphatic hydroxyl groups excluding tert-OH is 1. The molecule has 4 aromatic rings. The molecule has 9 heteroatoms. The molecule has 0 aliphatic carbocycles. The zero-order chi connectivity index (χ0) is 22.9. The van der Waals surface area contributed by atoms with Crippen molar-refractivity contribution in [2.75, 3.05) is 18.9 Å². The highest BCUT2D eigenvalue weighted by molar-refractivity contribution is 5.85. The molecule has 0 spiro atoms. The van der Waals surface area contributed by atoms with Gasteiger partial charge in [0.1, 0.15) is 28.6 Å². The number of ether oxygens (including phenoxy) is 2. The van der Waals surface area contributed by atoms with E-state index in [-0.39, 0.29) is 24.4 Å². The molecule has 7 nitrogen and oxygen atoms in total. The summed E-state index contributed by atoms with van der Waals surface area (Å²) in [6.07, 6.45) is 4.88. The van der Waals surface area contributed by atoms with Gasteiger partial charge in [0.15, 0.2) is 11.6 Å². The van der Waals surface area contributed by atoms with Crippen molar-refractivity contribution in [3.05, 3.63) is 72.3 Å². The standard InChI is InChI=1S/C24H22F2N4O3/c25-18-2-1-3-19(20(18)26)33-16-7-4-14(5-8-16)21-22-23(27)28-10-11-30(22)24(29-21)15-6-9-17(12-31)32-13-15/h1-5,7-8,10-11,15,17,31H,6,9,12-13H2,(H2,27,28)/t15-,17-/m0/s1. The maximum Gasteiger partial charge on any atom is 0.201 e. The lowest BCUT2D eigenvalue weighted by molar-refractivity contribution is -0.0282. The van der Waals surface area contributed by atoms with E-state index in [0.717, 1.165) is 30.3 Å². The Hall–Kier alpha value is -3.56. The Balaban J connectivity index is 1.48. The third-order valence-electron chi connectivity index (χ3n) is 5.82. The predicted molar refractivity (Wildman–Crippen MR) is 118 cm³/mol. The molecule has 2 aromatic carbocycles. The van der Waals surface area contributed by atoms with E-state index in [1.54, 1.807) is 30.5 Å². The van der Waals surface area contributed by atoms with Gasteiger partial charge in [0.2, 0.25) is 5.82 Å². The van der Waals surface area contributed by atoms with Crippen molar-refractivity contribution >= 4 is 11.3 Å². The fourth-order valence-electron chi connectivity index (χ4n) is 4.10. The maximum absolute atomic E-state index is 13.9. The summed E-state index contributed by atoms with van der Waals surface area (Å²) in [6.45, 7) is 0.461. The van der Waals surface area contributed by atoms with Crippen molar-refractivity contribution < 1.29 is 23.4 Å². The highest BCUT2D eigenvalue weighted by Crippen LogP contribution is 2.35. The molecule has 3 N–H and O–H groups in total. The van der Waals surface area contributed by atoms with E-state index in [4.69, 9.17) is 20.2 Å². The first-order valence-corrected chi connectivity index (χ1v) is 10.6. The van der Waals surface area contributed by atoms with Gasteiger partial charge in [-0.25, -0.2) is 14.4 Å². The first-order valence-electron chi connectivity index (χ1n) is 10.6. The Bertz CT molecular complexity index is 1290. The van der Waals surface area contributed by atoms with E-state index in [9.17, 15) is 13.9 Å². The monoisotopic (exact) mass is 452 g/mol. The molecule has 0 unspecified atom stereocenters. The number of benzene rings is 2. The summed E-state index contributed by atoms with van der Waals surface area (Å²) in [5, 5.41) is 9.33. The minimum Gasteiger partial charge on any atom is -0.454 e. The second kappa shape index (κ2) is 8.76. The van der Waals surface area contributed by atoms with Crippen LogP contribution in [0.3, 0.4) is 0 Å². The molecule has 0 radical (unpaired) electrons. The third-order valence-corrected chi connectivity index (χ3v) is 5.82. The van der Waals surface area contributed by atoms with Crippen LogP contribution in [0.15, 0.2) is 54.9 Å². The van der Waals surface area contributed by atoms with Crippen molar-refractivity contribution in [3.8, 4) is 22.8 Å². The first kappa shape index (κ1) is 21.3. The van der Waals surface area contributed by atoms with Gasteiger partial charge in [-0.2, -0.15) is 4.39 Å². The lowest BCUT2D eigenvalue weighted by atomic mass is 9.98. The summed E-state index contributed by atoms with van der Waals surface area (Å²) in [7, 11) is 0. The molecule has 170 valence electrons. The second-order valence-corrected chi connectivity index (χ2v) is 7.94. The van der Waals surface area contributed by atoms with Crippen LogP contribution in [0.4, 0.5) is 14.6 Å². The molecule has 1 aliphatic rings. The second-order valence-electron chi connectivity index (χ2n) is 7.94. The molecule has 5 rings (SSSR count). The molecule has 2 atom stereocenters. The normalized spacial score (nSPS) is 18.5. The summed E-state index contributed by atoms with van der Waals surface area (Å²) >= 11 is 0. The molecule has 1 saturated heterocycles. The van der Waals surface area contributed by atoms with Crippen LogP contribution in [-0.2, 0) is 4.74 Å². The van der Waals surface area contributed by atoms with E-state index in [1.807, 2.05) is 10.6 Å². The number of nitrogens with zero attached hydrogens (tertiary/aromatic N) is 3. The first-order chi connectivity index (χ1) is 16.0. The summed E-state index contributed by atoms with van der Waals surface area (Å²) in [6, 6.07) is 10.7. The van der Waals surface area contributed by atoms with Crippen LogP contribution in [0.1, 0.15) is 24.6 Å². The number of aromatic nitrogens is 3. The van der Waals surface area contributed by atoms with Crippen molar-refractivity contribution in [3.63, 3.8) is 0 Å². The number of hydrogen-bond donors (Lipinski definition) is 2. The smallest absolute Gasteiger partial charge is 0.201 e. The highest BCUT2D eigenvalue weighted by Gasteiger charge is 2.27. The van der Waals surface area contributed by atoms with Crippen LogP contribution < -0.4 is 10.5 Å². The summed E-state index contributed by atoms with van der Waals surface area (Å²) in [5.74, 6) is -0.636. The van der Waals surface area contributed by atoms with Crippen LogP contribution in [-0.4, -0.2) is 38.8 Å². The summed E-state index contributed by atoms with van der Waals surface area (Å²) in [4.78, 5) is 9.10. The predicted octanol–water partition coefficient (Wildman–Crippen LogP) is 4.30. The number of hydrogen-bond acceptors (Lipinski definition) is 6. The zero-order valence-corrected chi connectivity index (χ0v) is 17.6. The average molecular weight is 452 g/mol. The number of nitrogen functional groups attached to an aromatic ring is 1. The van der Waals surface area contributed by atoms with Gasteiger partial charge in [0, 0.05) is 23.9 Å². The lowest BCUT2D eigenvalue weighted by Crippen LogP contribution is -2.28. The number of rotatable bonds is 5. The Kier molecular flexibility index (Phi) is 5.65. The van der Waals surface area contributed by atoms with Crippen LogP contribution in [0.2, 0.25) is 0 Å². The van der Waals surface area contributed by atoms with Gasteiger partial charge in [-0.3, -0.25) is 4.40 Å². The quantitative estimate of drug-likeness (QED) is 0.469. The molecule has 3 heterocycles. The fraction of sp³-hybridized carbons (Fsp3) is 0.250. The van der Waals surface area contributed by atoms with E-state index in [1.165, 1.54) is 12.1 Å². The Labute approximate surface area is 188 Å². The van der Waals surface area contributed by atoms with Crippen LogP contribution in [0.5, 0.6) is 11.5 Å². The number of anilines is 1. The average Bonchev–Trinajstić information content (AvgIpc) is 3.24. The van der Waals surface area contributed by atoms with Crippen molar-refractivity contribution in [1.82, 2.24) is 14.4 Å². The van der Waals surface area contributed by atoms with E-state index in [2.05, 4.69) is 4.98 Å².